The van der Waals surface area contributed by atoms with Crippen LogP contribution in [-0.4, -0.2) is 6.04 Å². The Labute approximate surface area is 104 Å². The average Bonchev–Trinajstić information content (AvgIpc) is 2.86. The third kappa shape index (κ3) is 1.92. The molecule has 4 atom stereocenters. The lowest BCUT2D eigenvalue weighted by atomic mass is 9.80. The van der Waals surface area contributed by atoms with Crippen molar-refractivity contribution >= 4 is 0 Å². The van der Waals surface area contributed by atoms with Crippen molar-refractivity contribution in [3.8, 4) is 0 Å². The van der Waals surface area contributed by atoms with Crippen LogP contribution >= 0.6 is 0 Å². The summed E-state index contributed by atoms with van der Waals surface area (Å²) in [4.78, 5) is 0. The van der Waals surface area contributed by atoms with Crippen LogP contribution in [0.2, 0.25) is 0 Å². The second-order valence-corrected chi connectivity index (χ2v) is 5.63. The van der Waals surface area contributed by atoms with Crippen LogP contribution in [0.25, 0.3) is 0 Å². The minimum atomic E-state index is -4.25. The Bertz CT molecular complexity index is 455. The largest absolute Gasteiger partial charge is 0.416 e. The summed E-state index contributed by atoms with van der Waals surface area (Å²) in [5.74, 6) is 1.21. The molecule has 2 fully saturated rings. The molecule has 2 aliphatic carbocycles. The Balaban J connectivity index is 1.89. The molecule has 0 aromatic heterocycles. The Hall–Kier alpha value is -1.03. The molecule has 0 aliphatic heterocycles. The summed E-state index contributed by atoms with van der Waals surface area (Å²) in [6, 6.07) is 5.93. The summed E-state index contributed by atoms with van der Waals surface area (Å²) >= 11 is 0. The predicted octanol–water partition coefficient (Wildman–Crippen LogP) is 3.55. The van der Waals surface area contributed by atoms with Gasteiger partial charge in [-0.1, -0.05) is 18.2 Å². The van der Waals surface area contributed by atoms with E-state index in [9.17, 15) is 13.2 Å². The van der Waals surface area contributed by atoms with E-state index in [1.807, 2.05) is 6.07 Å². The van der Waals surface area contributed by atoms with Crippen LogP contribution < -0.4 is 5.73 Å². The molecule has 0 spiro atoms. The molecule has 0 amide bonds. The molecule has 2 saturated carbocycles. The minimum absolute atomic E-state index is 0.170. The van der Waals surface area contributed by atoms with Gasteiger partial charge in [0.05, 0.1) is 5.56 Å². The smallest absolute Gasteiger partial charge is 0.327 e. The van der Waals surface area contributed by atoms with Crippen LogP contribution in [0.3, 0.4) is 0 Å². The van der Waals surface area contributed by atoms with Gasteiger partial charge in [-0.3, -0.25) is 0 Å². The topological polar surface area (TPSA) is 26.0 Å². The maximum Gasteiger partial charge on any atom is 0.416 e. The van der Waals surface area contributed by atoms with Crippen molar-refractivity contribution in [3.63, 3.8) is 0 Å². The van der Waals surface area contributed by atoms with Crippen LogP contribution in [0, 0.1) is 11.8 Å². The van der Waals surface area contributed by atoms with E-state index >= 15 is 0 Å². The second-order valence-electron chi connectivity index (χ2n) is 5.63. The van der Waals surface area contributed by atoms with Gasteiger partial charge in [0.25, 0.3) is 0 Å². The fourth-order valence-corrected chi connectivity index (χ4v) is 3.73. The zero-order chi connectivity index (χ0) is 12.9. The molecule has 2 N–H and O–H groups in total. The maximum atomic E-state index is 12.7. The predicted molar refractivity (Wildman–Crippen MR) is 63.0 cm³/mol. The highest BCUT2D eigenvalue weighted by Crippen LogP contribution is 2.52. The Morgan fingerprint density at radius 1 is 1.11 bits per heavy atom. The highest BCUT2D eigenvalue weighted by Gasteiger charge is 2.45. The van der Waals surface area contributed by atoms with Crippen LogP contribution in [0.15, 0.2) is 24.3 Å². The first-order valence-electron chi connectivity index (χ1n) is 6.38. The van der Waals surface area contributed by atoms with Gasteiger partial charge in [0, 0.05) is 6.04 Å². The molecule has 1 aromatic rings. The van der Waals surface area contributed by atoms with Gasteiger partial charge in [-0.15, -0.1) is 0 Å². The van der Waals surface area contributed by atoms with Crippen molar-refractivity contribution in [1.82, 2.24) is 0 Å². The normalized spacial score (nSPS) is 35.1. The van der Waals surface area contributed by atoms with Crippen molar-refractivity contribution in [3.05, 3.63) is 35.4 Å². The SMILES string of the molecule is NC1CC2CC(c3cccc(C(F)(F)F)c3)C1C2. The van der Waals surface area contributed by atoms with E-state index < -0.39 is 11.7 Å². The van der Waals surface area contributed by atoms with Crippen LogP contribution in [0.1, 0.15) is 36.3 Å². The minimum Gasteiger partial charge on any atom is -0.327 e. The zero-order valence-corrected chi connectivity index (χ0v) is 9.95. The summed E-state index contributed by atoms with van der Waals surface area (Å²) in [5.41, 5.74) is 6.32. The van der Waals surface area contributed by atoms with Crippen LogP contribution in [0.4, 0.5) is 13.2 Å². The monoisotopic (exact) mass is 255 g/mol. The number of benzene rings is 1. The van der Waals surface area contributed by atoms with E-state index in [-0.39, 0.29) is 12.0 Å². The first-order valence-corrected chi connectivity index (χ1v) is 6.38. The molecule has 1 aromatic carbocycles. The lowest BCUT2D eigenvalue weighted by Crippen LogP contribution is -2.31. The molecule has 4 unspecified atom stereocenters. The lowest BCUT2D eigenvalue weighted by Gasteiger charge is -2.27. The van der Waals surface area contributed by atoms with Gasteiger partial charge >= 0.3 is 6.18 Å². The van der Waals surface area contributed by atoms with Gasteiger partial charge in [0.1, 0.15) is 0 Å². The van der Waals surface area contributed by atoms with Gasteiger partial charge in [-0.2, -0.15) is 13.2 Å². The molecule has 2 aliphatic rings. The Kier molecular flexibility index (Phi) is 2.66. The number of halogens is 3. The number of hydrogen-bond donors (Lipinski definition) is 1. The molecule has 1 nitrogen and oxygen atoms in total. The van der Waals surface area contributed by atoms with Crippen molar-refractivity contribution in [2.24, 2.45) is 17.6 Å². The fourth-order valence-electron chi connectivity index (χ4n) is 3.73. The number of rotatable bonds is 1. The van der Waals surface area contributed by atoms with Gasteiger partial charge in [0.15, 0.2) is 0 Å². The summed E-state index contributed by atoms with van der Waals surface area (Å²) in [6.07, 6.45) is -1.13. The summed E-state index contributed by atoms with van der Waals surface area (Å²) in [7, 11) is 0. The van der Waals surface area contributed by atoms with Crippen molar-refractivity contribution in [1.29, 1.82) is 0 Å². The Morgan fingerprint density at radius 2 is 1.89 bits per heavy atom. The van der Waals surface area contributed by atoms with E-state index in [0.29, 0.717) is 11.8 Å². The zero-order valence-electron chi connectivity index (χ0n) is 9.95. The molecule has 2 bridgehead atoms. The fraction of sp³-hybridized carbons (Fsp3) is 0.571. The first kappa shape index (κ1) is 12.0. The van der Waals surface area contributed by atoms with Gasteiger partial charge in [0.2, 0.25) is 0 Å². The highest BCUT2D eigenvalue weighted by molar-refractivity contribution is 5.30. The molecule has 18 heavy (non-hydrogen) atoms. The quantitative estimate of drug-likeness (QED) is 0.816. The average molecular weight is 255 g/mol. The van der Waals surface area contributed by atoms with E-state index in [1.54, 1.807) is 0 Å². The number of hydrogen-bond acceptors (Lipinski definition) is 1. The summed E-state index contributed by atoms with van der Waals surface area (Å²) in [6.45, 7) is 0. The van der Waals surface area contributed by atoms with Gasteiger partial charge < -0.3 is 5.73 Å². The molecule has 4 heteroatoms. The van der Waals surface area contributed by atoms with E-state index in [1.165, 1.54) is 12.1 Å². The molecule has 3 rings (SSSR count). The molecule has 98 valence electrons. The third-order valence-electron chi connectivity index (χ3n) is 4.51. The maximum absolute atomic E-state index is 12.7. The lowest BCUT2D eigenvalue weighted by molar-refractivity contribution is -0.137. The first-order chi connectivity index (χ1) is 8.45. The highest BCUT2D eigenvalue weighted by atomic mass is 19.4. The summed E-state index contributed by atoms with van der Waals surface area (Å²) in [5, 5.41) is 0. The van der Waals surface area contributed by atoms with Crippen molar-refractivity contribution < 1.29 is 13.2 Å². The molecule has 0 radical (unpaired) electrons. The Morgan fingerprint density at radius 3 is 2.50 bits per heavy atom. The number of nitrogens with two attached hydrogens (primary N) is 1. The van der Waals surface area contributed by atoms with E-state index in [4.69, 9.17) is 5.73 Å². The van der Waals surface area contributed by atoms with Crippen molar-refractivity contribution in [2.75, 3.05) is 0 Å². The third-order valence-corrected chi connectivity index (χ3v) is 4.51. The van der Waals surface area contributed by atoms with Crippen LogP contribution in [0.5, 0.6) is 0 Å². The number of fused-ring (bicyclic) bond motifs is 2. The van der Waals surface area contributed by atoms with Gasteiger partial charge in [-0.05, 0) is 48.6 Å². The van der Waals surface area contributed by atoms with E-state index in [0.717, 1.165) is 30.9 Å². The second kappa shape index (κ2) is 3.98. The molecule has 0 heterocycles. The number of alkyl halides is 3. The molecular formula is C14H16F3N. The van der Waals surface area contributed by atoms with Crippen molar-refractivity contribution in [2.45, 2.75) is 37.4 Å². The molecular weight excluding hydrogens is 239 g/mol. The molecule has 0 saturated heterocycles. The standard InChI is InChI=1S/C14H16F3N/c15-14(16,17)10-3-1-2-9(7-10)11-4-8-5-12(11)13(18)6-8/h1-3,7-8,11-13H,4-6,18H2. The van der Waals surface area contributed by atoms with Gasteiger partial charge in [-0.25, -0.2) is 0 Å². The van der Waals surface area contributed by atoms with E-state index in [2.05, 4.69) is 0 Å². The van der Waals surface area contributed by atoms with Crippen LogP contribution in [-0.2, 0) is 6.18 Å². The summed E-state index contributed by atoms with van der Waals surface area (Å²) < 4.78 is 38.1.